The Morgan fingerprint density at radius 2 is 1.71 bits per heavy atom. The fourth-order valence-electron chi connectivity index (χ4n) is 4.50. The highest BCUT2D eigenvalue weighted by Crippen LogP contribution is 2.44. The molecular weight excluding hydrogens is 472 g/mol. The molecule has 0 spiro atoms. The third kappa shape index (κ3) is 4.17. The Kier molecular flexibility index (Phi) is 6.30. The maximum Gasteiger partial charge on any atom is 0.408 e. The number of hydrogen-bond donors (Lipinski definition) is 2. The van der Waals surface area contributed by atoms with Crippen LogP contribution in [0, 0.1) is 0 Å². The number of ether oxygens (including phenoxy) is 1. The first-order valence-electron chi connectivity index (χ1n) is 10.8. The van der Waals surface area contributed by atoms with E-state index in [9.17, 15) is 19.5 Å². The SMILES string of the molecule is O=C(NC(C(=O)N1CSC[C@H]1C(=O)O)c1cccs1)OCC1c2ccccc2-c2ccccc21. The average Bonchev–Trinajstić information content (AvgIpc) is 3.60. The molecule has 2 aliphatic rings. The number of alkyl carbamates (subject to hydrolysis) is 1. The minimum atomic E-state index is -1.05. The Labute approximate surface area is 204 Å². The largest absolute Gasteiger partial charge is 0.480 e. The number of nitrogens with one attached hydrogen (secondary N) is 1. The molecule has 1 aliphatic heterocycles. The highest BCUT2D eigenvalue weighted by molar-refractivity contribution is 7.99. The molecule has 1 unspecified atom stereocenters. The number of rotatable bonds is 6. The van der Waals surface area contributed by atoms with E-state index in [1.54, 1.807) is 12.1 Å². The second-order valence-electron chi connectivity index (χ2n) is 8.08. The van der Waals surface area contributed by atoms with Crippen LogP contribution in [0.2, 0.25) is 0 Å². The quantitative estimate of drug-likeness (QED) is 0.530. The molecule has 34 heavy (non-hydrogen) atoms. The van der Waals surface area contributed by atoms with Crippen molar-refractivity contribution >= 4 is 41.1 Å². The molecule has 3 aromatic rings. The lowest BCUT2D eigenvalue weighted by molar-refractivity contribution is -0.148. The lowest BCUT2D eigenvalue weighted by Crippen LogP contribution is -2.48. The van der Waals surface area contributed by atoms with Crippen molar-refractivity contribution in [3.8, 4) is 11.1 Å². The summed E-state index contributed by atoms with van der Waals surface area (Å²) in [6, 6.07) is 17.7. The Balaban J connectivity index is 1.31. The highest BCUT2D eigenvalue weighted by atomic mass is 32.2. The van der Waals surface area contributed by atoms with Gasteiger partial charge in [-0.1, -0.05) is 54.6 Å². The van der Waals surface area contributed by atoms with Crippen molar-refractivity contribution in [1.29, 1.82) is 0 Å². The van der Waals surface area contributed by atoms with E-state index in [-0.39, 0.29) is 18.4 Å². The van der Waals surface area contributed by atoms with E-state index in [4.69, 9.17) is 4.74 Å². The van der Waals surface area contributed by atoms with E-state index in [2.05, 4.69) is 17.4 Å². The predicted octanol–water partition coefficient (Wildman–Crippen LogP) is 4.31. The zero-order valence-electron chi connectivity index (χ0n) is 18.0. The van der Waals surface area contributed by atoms with Crippen LogP contribution in [-0.4, -0.2) is 52.3 Å². The molecule has 1 aliphatic carbocycles. The molecule has 2 heterocycles. The number of carboxylic acids is 1. The monoisotopic (exact) mass is 494 g/mol. The fourth-order valence-corrected chi connectivity index (χ4v) is 6.42. The average molecular weight is 495 g/mol. The summed E-state index contributed by atoms with van der Waals surface area (Å²) in [7, 11) is 0. The molecule has 2 N–H and O–H groups in total. The van der Waals surface area contributed by atoms with Crippen molar-refractivity contribution in [1.82, 2.24) is 10.2 Å². The van der Waals surface area contributed by atoms with E-state index in [1.165, 1.54) is 28.0 Å². The Morgan fingerprint density at radius 1 is 1.03 bits per heavy atom. The van der Waals surface area contributed by atoms with Crippen LogP contribution in [0.5, 0.6) is 0 Å². The number of carboxylic acid groups (broad SMARTS) is 1. The van der Waals surface area contributed by atoms with E-state index in [0.29, 0.717) is 10.6 Å². The molecule has 9 heteroatoms. The summed E-state index contributed by atoms with van der Waals surface area (Å²) in [6.07, 6.45) is -0.715. The van der Waals surface area contributed by atoms with Crippen LogP contribution in [0.4, 0.5) is 4.79 Å². The van der Waals surface area contributed by atoms with Crippen molar-refractivity contribution in [2.45, 2.75) is 18.0 Å². The van der Waals surface area contributed by atoms with Gasteiger partial charge in [-0.25, -0.2) is 9.59 Å². The number of nitrogens with zero attached hydrogens (tertiary/aromatic N) is 1. The molecule has 5 rings (SSSR count). The van der Waals surface area contributed by atoms with Gasteiger partial charge in [-0.15, -0.1) is 23.1 Å². The van der Waals surface area contributed by atoms with Gasteiger partial charge in [0.05, 0.1) is 5.88 Å². The van der Waals surface area contributed by atoms with Crippen molar-refractivity contribution in [3.63, 3.8) is 0 Å². The summed E-state index contributed by atoms with van der Waals surface area (Å²) in [6.45, 7) is 0.128. The fraction of sp³-hybridized carbons (Fsp3) is 0.240. The van der Waals surface area contributed by atoms with Crippen LogP contribution in [-0.2, 0) is 14.3 Å². The van der Waals surface area contributed by atoms with Crippen molar-refractivity contribution in [2.24, 2.45) is 0 Å². The van der Waals surface area contributed by atoms with Gasteiger partial charge in [-0.05, 0) is 33.7 Å². The molecule has 7 nitrogen and oxygen atoms in total. The smallest absolute Gasteiger partial charge is 0.408 e. The summed E-state index contributed by atoms with van der Waals surface area (Å²) in [4.78, 5) is 39.6. The molecule has 1 saturated heterocycles. The number of hydrogen-bond acceptors (Lipinski definition) is 6. The van der Waals surface area contributed by atoms with Crippen LogP contribution in [0.3, 0.4) is 0 Å². The van der Waals surface area contributed by atoms with Crippen LogP contribution in [0.1, 0.15) is 28.0 Å². The van der Waals surface area contributed by atoms with Gasteiger partial charge in [0.15, 0.2) is 0 Å². The molecule has 1 fully saturated rings. The summed E-state index contributed by atoms with van der Waals surface area (Å²) in [5, 5.41) is 14.0. The minimum absolute atomic E-state index is 0.0968. The highest BCUT2D eigenvalue weighted by Gasteiger charge is 2.39. The van der Waals surface area contributed by atoms with Gasteiger partial charge < -0.3 is 20.1 Å². The van der Waals surface area contributed by atoms with Crippen LogP contribution < -0.4 is 5.32 Å². The van der Waals surface area contributed by atoms with Crippen LogP contribution in [0.25, 0.3) is 11.1 Å². The van der Waals surface area contributed by atoms with Crippen LogP contribution >= 0.6 is 23.1 Å². The normalized spacial score (nSPS) is 17.6. The van der Waals surface area contributed by atoms with Crippen molar-refractivity contribution < 1.29 is 24.2 Å². The molecule has 2 aromatic carbocycles. The zero-order valence-corrected chi connectivity index (χ0v) is 19.7. The number of aliphatic carboxylic acids is 1. The predicted molar refractivity (Wildman–Crippen MR) is 131 cm³/mol. The molecule has 2 amide bonds. The lowest BCUT2D eigenvalue weighted by atomic mass is 9.98. The third-order valence-corrected chi connectivity index (χ3v) is 8.08. The Hall–Kier alpha value is -3.30. The zero-order chi connectivity index (χ0) is 23.7. The van der Waals surface area contributed by atoms with E-state index < -0.39 is 30.1 Å². The van der Waals surface area contributed by atoms with Gasteiger partial charge in [0.2, 0.25) is 0 Å². The number of fused-ring (bicyclic) bond motifs is 3. The van der Waals surface area contributed by atoms with Crippen LogP contribution in [0.15, 0.2) is 66.0 Å². The van der Waals surface area contributed by atoms with E-state index in [0.717, 1.165) is 22.3 Å². The molecule has 0 bridgehead atoms. The van der Waals surface area contributed by atoms with Gasteiger partial charge >= 0.3 is 12.1 Å². The minimum Gasteiger partial charge on any atom is -0.480 e. The van der Waals surface area contributed by atoms with Gasteiger partial charge in [-0.3, -0.25) is 4.79 Å². The van der Waals surface area contributed by atoms with E-state index >= 15 is 0 Å². The first-order chi connectivity index (χ1) is 16.5. The topological polar surface area (TPSA) is 95.9 Å². The van der Waals surface area contributed by atoms with E-state index in [1.807, 2.05) is 41.8 Å². The molecule has 0 radical (unpaired) electrons. The molecule has 2 atom stereocenters. The first kappa shape index (κ1) is 22.5. The number of benzene rings is 2. The van der Waals surface area contributed by atoms with Gasteiger partial charge in [0.1, 0.15) is 18.7 Å². The Morgan fingerprint density at radius 3 is 2.32 bits per heavy atom. The second-order valence-corrected chi connectivity index (χ2v) is 10.1. The van der Waals surface area contributed by atoms with Crippen molar-refractivity contribution in [2.75, 3.05) is 18.2 Å². The number of thiophene rings is 1. The summed E-state index contributed by atoms with van der Waals surface area (Å²) in [5.74, 6) is -1.01. The standard InChI is InChI=1S/C25H22N2O5S2/c28-23(27-14-33-13-20(27)24(29)30)22(21-10-5-11-34-21)26-25(31)32-12-19-17-8-3-1-6-15(17)16-7-2-4-9-18(16)19/h1-11,19-20,22H,12-14H2,(H,26,31)(H,29,30)/t20-,22?/m0/s1. The van der Waals surface area contributed by atoms with Gasteiger partial charge in [0, 0.05) is 16.5 Å². The molecule has 0 saturated carbocycles. The number of thioether (sulfide) groups is 1. The first-order valence-corrected chi connectivity index (χ1v) is 12.8. The maximum absolute atomic E-state index is 13.3. The van der Waals surface area contributed by atoms with Crippen molar-refractivity contribution in [3.05, 3.63) is 82.0 Å². The third-order valence-electron chi connectivity index (χ3n) is 6.13. The molecule has 1 aromatic heterocycles. The summed E-state index contributed by atoms with van der Waals surface area (Å²) in [5.41, 5.74) is 4.46. The summed E-state index contributed by atoms with van der Waals surface area (Å²) >= 11 is 2.70. The van der Waals surface area contributed by atoms with Gasteiger partial charge in [0.25, 0.3) is 5.91 Å². The summed E-state index contributed by atoms with van der Waals surface area (Å²) < 4.78 is 5.62. The molecule has 174 valence electrons. The Bertz CT molecular complexity index is 1180. The molecular formula is C25H22N2O5S2. The lowest BCUT2D eigenvalue weighted by Gasteiger charge is -2.26. The number of carbonyl (C=O) groups is 3. The maximum atomic E-state index is 13.3. The van der Waals surface area contributed by atoms with Gasteiger partial charge in [-0.2, -0.15) is 0 Å². The number of amides is 2. The number of carbonyl (C=O) groups excluding carboxylic acids is 2. The second kappa shape index (κ2) is 9.52.